The fourth-order valence-electron chi connectivity index (χ4n) is 3.81. The standard InChI is InChI=1S/C24H31N3O4S/c1-17-6-5-15-27(16-17)23(28)13-14-25-24(29)20-9-11-21(12-10-20)32(30,31)26-22-8-4-7-18(2)19(22)3/h4,7-12,17,26H,5-6,13-16H2,1-3H3,(H,25,29). The van der Waals surface area contributed by atoms with E-state index < -0.39 is 10.0 Å². The second kappa shape index (κ2) is 10.2. The van der Waals surface area contributed by atoms with Gasteiger partial charge in [-0.25, -0.2) is 8.42 Å². The molecule has 2 N–H and O–H groups in total. The number of benzene rings is 2. The second-order valence-corrected chi connectivity index (χ2v) is 10.2. The summed E-state index contributed by atoms with van der Waals surface area (Å²) in [5.74, 6) is 0.230. The molecule has 1 aliphatic rings. The Hall–Kier alpha value is -2.87. The third kappa shape index (κ3) is 5.88. The predicted octanol–water partition coefficient (Wildman–Crippen LogP) is 3.48. The monoisotopic (exact) mass is 457 g/mol. The third-order valence-electron chi connectivity index (χ3n) is 5.91. The smallest absolute Gasteiger partial charge is 0.261 e. The van der Waals surface area contributed by atoms with E-state index in [-0.39, 0.29) is 29.7 Å². The molecule has 8 heteroatoms. The molecule has 0 spiro atoms. The Kier molecular flexibility index (Phi) is 7.56. The highest BCUT2D eigenvalue weighted by molar-refractivity contribution is 7.92. The highest BCUT2D eigenvalue weighted by atomic mass is 32.2. The van der Waals surface area contributed by atoms with Gasteiger partial charge in [0.05, 0.1) is 10.6 Å². The maximum absolute atomic E-state index is 12.7. The minimum Gasteiger partial charge on any atom is -0.352 e. The summed E-state index contributed by atoms with van der Waals surface area (Å²) >= 11 is 0. The third-order valence-corrected chi connectivity index (χ3v) is 7.29. The normalized spacial score (nSPS) is 16.5. The highest BCUT2D eigenvalue weighted by Crippen LogP contribution is 2.22. The summed E-state index contributed by atoms with van der Waals surface area (Å²) < 4.78 is 28.0. The number of nitrogens with one attached hydrogen (secondary N) is 2. The lowest BCUT2D eigenvalue weighted by Crippen LogP contribution is -2.40. The number of amides is 2. The van der Waals surface area contributed by atoms with Crippen molar-refractivity contribution in [3.05, 3.63) is 59.2 Å². The molecule has 2 amide bonds. The Bertz CT molecular complexity index is 1080. The first-order valence-corrected chi connectivity index (χ1v) is 12.4. The van der Waals surface area contributed by atoms with Gasteiger partial charge in [-0.2, -0.15) is 0 Å². The van der Waals surface area contributed by atoms with Gasteiger partial charge in [-0.15, -0.1) is 0 Å². The molecule has 1 atom stereocenters. The van der Waals surface area contributed by atoms with Crippen molar-refractivity contribution in [3.8, 4) is 0 Å². The first-order chi connectivity index (χ1) is 15.2. The number of carbonyl (C=O) groups is 2. The molecule has 32 heavy (non-hydrogen) atoms. The number of carbonyl (C=O) groups excluding carboxylic acids is 2. The van der Waals surface area contributed by atoms with Crippen LogP contribution >= 0.6 is 0 Å². The topological polar surface area (TPSA) is 95.6 Å². The Morgan fingerprint density at radius 1 is 1.09 bits per heavy atom. The van der Waals surface area contributed by atoms with Crippen LogP contribution in [0.2, 0.25) is 0 Å². The lowest BCUT2D eigenvalue weighted by molar-refractivity contribution is -0.132. The van der Waals surface area contributed by atoms with E-state index in [0.717, 1.165) is 37.1 Å². The van der Waals surface area contributed by atoms with Crippen LogP contribution < -0.4 is 10.0 Å². The highest BCUT2D eigenvalue weighted by Gasteiger charge is 2.21. The van der Waals surface area contributed by atoms with E-state index in [1.807, 2.05) is 24.8 Å². The van der Waals surface area contributed by atoms with Crippen molar-refractivity contribution < 1.29 is 18.0 Å². The molecule has 172 valence electrons. The van der Waals surface area contributed by atoms with Crippen LogP contribution in [0.4, 0.5) is 5.69 Å². The largest absolute Gasteiger partial charge is 0.352 e. The molecule has 1 fully saturated rings. The molecule has 0 radical (unpaired) electrons. The van der Waals surface area contributed by atoms with E-state index in [2.05, 4.69) is 17.0 Å². The van der Waals surface area contributed by atoms with Gasteiger partial charge in [-0.05, 0) is 74.1 Å². The van der Waals surface area contributed by atoms with Gasteiger partial charge >= 0.3 is 0 Å². The number of nitrogens with zero attached hydrogens (tertiary/aromatic N) is 1. The number of anilines is 1. The minimum absolute atomic E-state index is 0.0517. The number of rotatable bonds is 7. The van der Waals surface area contributed by atoms with E-state index >= 15 is 0 Å². The zero-order chi connectivity index (χ0) is 23.3. The predicted molar refractivity (Wildman–Crippen MR) is 125 cm³/mol. The average Bonchev–Trinajstić information content (AvgIpc) is 2.76. The van der Waals surface area contributed by atoms with Crippen molar-refractivity contribution in [2.24, 2.45) is 5.92 Å². The van der Waals surface area contributed by atoms with E-state index in [9.17, 15) is 18.0 Å². The van der Waals surface area contributed by atoms with E-state index in [0.29, 0.717) is 17.2 Å². The van der Waals surface area contributed by atoms with Crippen LogP contribution in [0.25, 0.3) is 0 Å². The van der Waals surface area contributed by atoms with Crippen molar-refractivity contribution in [3.63, 3.8) is 0 Å². The van der Waals surface area contributed by atoms with Gasteiger partial charge in [-0.1, -0.05) is 19.1 Å². The molecule has 0 saturated carbocycles. The number of aryl methyl sites for hydroxylation is 1. The lowest BCUT2D eigenvalue weighted by atomic mass is 10.00. The van der Waals surface area contributed by atoms with Crippen molar-refractivity contribution in [1.82, 2.24) is 10.2 Å². The molecule has 0 aliphatic carbocycles. The number of likely N-dealkylation sites (tertiary alicyclic amines) is 1. The van der Waals surface area contributed by atoms with Crippen molar-refractivity contribution in [2.45, 2.75) is 44.9 Å². The Morgan fingerprint density at radius 3 is 2.50 bits per heavy atom. The van der Waals surface area contributed by atoms with Gasteiger partial charge in [0, 0.05) is 31.6 Å². The Balaban J connectivity index is 1.55. The van der Waals surface area contributed by atoms with Crippen LogP contribution in [-0.4, -0.2) is 44.8 Å². The molecule has 0 aromatic heterocycles. The molecule has 1 saturated heterocycles. The molecule has 7 nitrogen and oxygen atoms in total. The molecule has 1 unspecified atom stereocenters. The first kappa shape index (κ1) is 23.8. The quantitative estimate of drug-likeness (QED) is 0.665. The molecule has 3 rings (SSSR count). The zero-order valence-corrected chi connectivity index (χ0v) is 19.7. The van der Waals surface area contributed by atoms with Crippen LogP contribution in [0.5, 0.6) is 0 Å². The molecule has 2 aromatic carbocycles. The summed E-state index contributed by atoms with van der Waals surface area (Å²) in [6.45, 7) is 7.72. The second-order valence-electron chi connectivity index (χ2n) is 8.47. The van der Waals surface area contributed by atoms with Crippen molar-refractivity contribution in [2.75, 3.05) is 24.4 Å². The van der Waals surface area contributed by atoms with Gasteiger partial charge in [-0.3, -0.25) is 14.3 Å². The van der Waals surface area contributed by atoms with Gasteiger partial charge in [0.15, 0.2) is 0 Å². The van der Waals surface area contributed by atoms with Gasteiger partial charge in [0.25, 0.3) is 15.9 Å². The van der Waals surface area contributed by atoms with E-state index in [4.69, 9.17) is 0 Å². The molecular formula is C24H31N3O4S. The number of piperidine rings is 1. The molecule has 2 aromatic rings. The fourth-order valence-corrected chi connectivity index (χ4v) is 4.93. The molecule has 1 heterocycles. The van der Waals surface area contributed by atoms with Crippen LogP contribution in [0.15, 0.2) is 47.4 Å². The summed E-state index contributed by atoms with van der Waals surface area (Å²) in [6, 6.07) is 11.2. The van der Waals surface area contributed by atoms with Crippen molar-refractivity contribution >= 4 is 27.5 Å². The van der Waals surface area contributed by atoms with E-state index in [1.165, 1.54) is 24.3 Å². The fraction of sp³-hybridized carbons (Fsp3) is 0.417. The SMILES string of the molecule is Cc1cccc(NS(=O)(=O)c2ccc(C(=O)NCCC(=O)N3CCCC(C)C3)cc2)c1C. The summed E-state index contributed by atoms with van der Waals surface area (Å²) in [5.41, 5.74) is 2.72. The van der Waals surface area contributed by atoms with Crippen LogP contribution in [0, 0.1) is 19.8 Å². The number of sulfonamides is 1. The van der Waals surface area contributed by atoms with Crippen LogP contribution in [0.3, 0.4) is 0 Å². The van der Waals surface area contributed by atoms with Crippen molar-refractivity contribution in [1.29, 1.82) is 0 Å². The first-order valence-electron chi connectivity index (χ1n) is 10.9. The van der Waals surface area contributed by atoms with Gasteiger partial charge < -0.3 is 10.2 Å². The summed E-state index contributed by atoms with van der Waals surface area (Å²) in [7, 11) is -3.77. The lowest BCUT2D eigenvalue weighted by Gasteiger charge is -2.31. The van der Waals surface area contributed by atoms with Gasteiger partial charge in [0.2, 0.25) is 5.91 Å². The summed E-state index contributed by atoms with van der Waals surface area (Å²) in [5, 5.41) is 2.74. The maximum atomic E-state index is 12.7. The van der Waals surface area contributed by atoms with Crippen LogP contribution in [0.1, 0.15) is 47.7 Å². The molecular weight excluding hydrogens is 426 g/mol. The maximum Gasteiger partial charge on any atom is 0.261 e. The molecule has 1 aliphatic heterocycles. The van der Waals surface area contributed by atoms with Gasteiger partial charge in [0.1, 0.15) is 0 Å². The summed E-state index contributed by atoms with van der Waals surface area (Å²) in [6.07, 6.45) is 2.42. The van der Waals surface area contributed by atoms with Crippen LogP contribution in [-0.2, 0) is 14.8 Å². The Labute approximate surface area is 190 Å². The van der Waals surface area contributed by atoms with E-state index in [1.54, 1.807) is 12.1 Å². The number of hydrogen-bond acceptors (Lipinski definition) is 4. The number of hydrogen-bond donors (Lipinski definition) is 2. The molecule has 0 bridgehead atoms. The summed E-state index contributed by atoms with van der Waals surface area (Å²) in [4.78, 5) is 26.6. The Morgan fingerprint density at radius 2 is 1.81 bits per heavy atom. The minimum atomic E-state index is -3.77. The zero-order valence-electron chi connectivity index (χ0n) is 18.8. The average molecular weight is 458 g/mol.